The molecule has 140 valence electrons. The summed E-state index contributed by atoms with van der Waals surface area (Å²) >= 11 is 0. The van der Waals surface area contributed by atoms with Crippen LogP contribution in [-0.2, 0) is 0 Å². The Bertz CT molecular complexity index is 951. The van der Waals surface area contributed by atoms with Gasteiger partial charge in [0.15, 0.2) is 0 Å². The monoisotopic (exact) mass is 366 g/mol. The van der Waals surface area contributed by atoms with E-state index in [1.165, 1.54) is 36.1 Å². The first-order valence-electron chi connectivity index (χ1n) is 10.3. The van der Waals surface area contributed by atoms with Crippen LogP contribution in [0, 0.1) is 11.8 Å². The highest BCUT2D eigenvalue weighted by Crippen LogP contribution is 2.34. The predicted molar refractivity (Wildman–Crippen MR) is 119 cm³/mol. The lowest BCUT2D eigenvalue weighted by molar-refractivity contribution is 0.561. The molecule has 0 saturated carbocycles. The van der Waals surface area contributed by atoms with E-state index in [2.05, 4.69) is 102 Å². The molecule has 5 rings (SSSR count). The minimum atomic E-state index is 0.291. The third kappa shape index (κ3) is 3.43. The summed E-state index contributed by atoms with van der Waals surface area (Å²) < 4.78 is 0. The van der Waals surface area contributed by atoms with Gasteiger partial charge in [-0.15, -0.1) is 0 Å². The third-order valence-corrected chi connectivity index (χ3v) is 6.03. The molecule has 3 unspecified atom stereocenters. The second-order valence-corrected chi connectivity index (χ2v) is 7.88. The Kier molecular flexibility index (Phi) is 4.62. The zero-order valence-corrected chi connectivity index (χ0v) is 16.0. The molecule has 0 aliphatic heterocycles. The van der Waals surface area contributed by atoms with Gasteiger partial charge >= 0.3 is 0 Å². The molecule has 1 aromatic rings. The molecular formula is C26H26N2. The van der Waals surface area contributed by atoms with Gasteiger partial charge in [-0.05, 0) is 66.7 Å². The number of nitrogens with one attached hydrogen (secondary N) is 2. The van der Waals surface area contributed by atoms with Crippen molar-refractivity contribution in [2.75, 3.05) is 10.6 Å². The molecule has 0 aromatic heterocycles. The molecule has 2 heteroatoms. The summed E-state index contributed by atoms with van der Waals surface area (Å²) in [5.41, 5.74) is 6.36. The van der Waals surface area contributed by atoms with Crippen LogP contribution in [0.1, 0.15) is 19.3 Å². The van der Waals surface area contributed by atoms with Crippen molar-refractivity contribution in [2.24, 2.45) is 11.8 Å². The van der Waals surface area contributed by atoms with E-state index in [-0.39, 0.29) is 0 Å². The van der Waals surface area contributed by atoms with Crippen LogP contribution >= 0.6 is 0 Å². The van der Waals surface area contributed by atoms with Crippen molar-refractivity contribution < 1.29 is 0 Å². The third-order valence-electron chi connectivity index (χ3n) is 6.03. The van der Waals surface area contributed by atoms with E-state index < -0.39 is 0 Å². The fourth-order valence-electron chi connectivity index (χ4n) is 4.52. The van der Waals surface area contributed by atoms with E-state index in [1.54, 1.807) is 0 Å². The molecule has 4 aliphatic rings. The molecule has 2 nitrogen and oxygen atoms in total. The van der Waals surface area contributed by atoms with Gasteiger partial charge < -0.3 is 10.6 Å². The van der Waals surface area contributed by atoms with Gasteiger partial charge in [0, 0.05) is 23.0 Å². The molecular weight excluding hydrogens is 340 g/mol. The van der Waals surface area contributed by atoms with Crippen LogP contribution in [0.4, 0.5) is 11.4 Å². The summed E-state index contributed by atoms with van der Waals surface area (Å²) in [4.78, 5) is 0. The zero-order chi connectivity index (χ0) is 18.8. The van der Waals surface area contributed by atoms with Crippen LogP contribution in [0.5, 0.6) is 0 Å². The summed E-state index contributed by atoms with van der Waals surface area (Å²) in [6.45, 7) is 0. The lowest BCUT2D eigenvalue weighted by atomic mass is 9.82. The molecule has 0 radical (unpaired) electrons. The lowest BCUT2D eigenvalue weighted by Gasteiger charge is -2.29. The summed E-state index contributed by atoms with van der Waals surface area (Å²) in [5.74, 6) is 1.08. The molecule has 0 spiro atoms. The standard InChI is InChI=1S/C26H26N2/c1-3-11-23-19(7-1)9-5-13-25(23)27-21-15-17-22(18-16-21)28-26-14-6-10-20-8-2-4-12-24(20)26/h1,3-7,9,11-18,20,23,25,27-28H,2,8,10H2. The van der Waals surface area contributed by atoms with Crippen molar-refractivity contribution in [3.63, 3.8) is 0 Å². The molecule has 4 aliphatic carbocycles. The Morgan fingerprint density at radius 2 is 1.71 bits per heavy atom. The molecule has 3 atom stereocenters. The summed E-state index contributed by atoms with van der Waals surface area (Å²) in [5, 5.41) is 7.31. The maximum absolute atomic E-state index is 3.68. The Morgan fingerprint density at radius 3 is 2.64 bits per heavy atom. The molecule has 0 heterocycles. The molecule has 28 heavy (non-hydrogen) atoms. The van der Waals surface area contributed by atoms with Crippen molar-refractivity contribution in [2.45, 2.75) is 25.3 Å². The minimum absolute atomic E-state index is 0.291. The van der Waals surface area contributed by atoms with Gasteiger partial charge in [0.05, 0.1) is 6.04 Å². The predicted octanol–water partition coefficient (Wildman–Crippen LogP) is 6.30. The number of benzene rings is 1. The van der Waals surface area contributed by atoms with Gasteiger partial charge in [0.25, 0.3) is 0 Å². The quantitative estimate of drug-likeness (QED) is 0.653. The first kappa shape index (κ1) is 17.1. The topological polar surface area (TPSA) is 24.1 Å². The van der Waals surface area contributed by atoms with Crippen LogP contribution < -0.4 is 10.6 Å². The van der Waals surface area contributed by atoms with Crippen molar-refractivity contribution in [1.82, 2.24) is 0 Å². The first-order chi connectivity index (χ1) is 13.9. The Morgan fingerprint density at radius 1 is 0.821 bits per heavy atom. The SMILES string of the molecule is C1=CC2=CC=CC(Nc3ccc(NC4=C5C=CCCC5CC=C4)cc3)C2C=C1. The summed E-state index contributed by atoms with van der Waals surface area (Å²) in [6.07, 6.45) is 28.1. The van der Waals surface area contributed by atoms with Crippen molar-refractivity contribution in [3.05, 3.63) is 108 Å². The fraction of sp³-hybridized carbons (Fsp3) is 0.231. The number of allylic oxidation sites excluding steroid dienone is 10. The van der Waals surface area contributed by atoms with E-state index in [0.29, 0.717) is 17.9 Å². The maximum atomic E-state index is 3.68. The van der Waals surface area contributed by atoms with Crippen LogP contribution in [-0.4, -0.2) is 6.04 Å². The van der Waals surface area contributed by atoms with E-state index in [0.717, 1.165) is 11.4 Å². The highest BCUT2D eigenvalue weighted by Gasteiger charge is 2.23. The van der Waals surface area contributed by atoms with E-state index in [4.69, 9.17) is 0 Å². The van der Waals surface area contributed by atoms with Gasteiger partial charge in [-0.3, -0.25) is 0 Å². The Hall–Kier alpha value is -3.00. The average molecular weight is 367 g/mol. The Balaban J connectivity index is 1.29. The molecule has 0 amide bonds. The highest BCUT2D eigenvalue weighted by atomic mass is 14.9. The number of rotatable bonds is 4. The van der Waals surface area contributed by atoms with Crippen LogP contribution in [0.15, 0.2) is 108 Å². The molecule has 2 N–H and O–H groups in total. The summed E-state index contributed by atoms with van der Waals surface area (Å²) in [6, 6.07) is 8.96. The average Bonchev–Trinajstić information content (AvgIpc) is 2.76. The number of anilines is 2. The normalized spacial score (nSPS) is 27.3. The Labute approximate surface area is 167 Å². The maximum Gasteiger partial charge on any atom is 0.0550 e. The number of hydrogen-bond donors (Lipinski definition) is 2. The molecule has 1 aromatic carbocycles. The van der Waals surface area contributed by atoms with Gasteiger partial charge in [-0.25, -0.2) is 0 Å². The van der Waals surface area contributed by atoms with Crippen LogP contribution in [0.3, 0.4) is 0 Å². The van der Waals surface area contributed by atoms with Crippen molar-refractivity contribution >= 4 is 11.4 Å². The van der Waals surface area contributed by atoms with Gasteiger partial charge in [-0.1, -0.05) is 60.8 Å². The van der Waals surface area contributed by atoms with E-state index in [9.17, 15) is 0 Å². The summed E-state index contributed by atoms with van der Waals surface area (Å²) in [7, 11) is 0. The van der Waals surface area contributed by atoms with Gasteiger partial charge in [0.1, 0.15) is 0 Å². The lowest BCUT2D eigenvalue weighted by Crippen LogP contribution is -2.29. The number of hydrogen-bond acceptors (Lipinski definition) is 2. The second-order valence-electron chi connectivity index (χ2n) is 7.88. The van der Waals surface area contributed by atoms with E-state index in [1.807, 2.05) is 0 Å². The fourth-order valence-corrected chi connectivity index (χ4v) is 4.52. The number of fused-ring (bicyclic) bond motifs is 2. The van der Waals surface area contributed by atoms with Crippen molar-refractivity contribution in [1.29, 1.82) is 0 Å². The largest absolute Gasteiger partial charge is 0.378 e. The highest BCUT2D eigenvalue weighted by molar-refractivity contribution is 5.60. The van der Waals surface area contributed by atoms with Gasteiger partial charge in [-0.2, -0.15) is 0 Å². The smallest absolute Gasteiger partial charge is 0.0550 e. The molecule has 0 saturated heterocycles. The van der Waals surface area contributed by atoms with E-state index >= 15 is 0 Å². The van der Waals surface area contributed by atoms with Crippen LogP contribution in [0.25, 0.3) is 0 Å². The van der Waals surface area contributed by atoms with Crippen molar-refractivity contribution in [3.8, 4) is 0 Å². The zero-order valence-electron chi connectivity index (χ0n) is 16.0. The van der Waals surface area contributed by atoms with Crippen LogP contribution in [0.2, 0.25) is 0 Å². The minimum Gasteiger partial charge on any atom is -0.378 e. The molecule has 0 bridgehead atoms. The second kappa shape index (κ2) is 7.55. The molecule has 0 fully saturated rings. The first-order valence-corrected chi connectivity index (χ1v) is 10.3. The van der Waals surface area contributed by atoms with Gasteiger partial charge in [0.2, 0.25) is 0 Å².